The lowest BCUT2D eigenvalue weighted by atomic mass is 10.2. The van der Waals surface area contributed by atoms with Gasteiger partial charge in [0.1, 0.15) is 0 Å². The van der Waals surface area contributed by atoms with Gasteiger partial charge in [0.05, 0.1) is 4.88 Å². The molecule has 0 saturated carbocycles. The summed E-state index contributed by atoms with van der Waals surface area (Å²) >= 11 is 4.81. The molecule has 3 nitrogen and oxygen atoms in total. The molecule has 0 saturated heterocycles. The summed E-state index contributed by atoms with van der Waals surface area (Å²) in [7, 11) is 0. The van der Waals surface area contributed by atoms with Crippen LogP contribution in [0.15, 0.2) is 28.7 Å². The molecule has 0 radical (unpaired) electrons. The van der Waals surface area contributed by atoms with Crippen LogP contribution in [0.3, 0.4) is 0 Å². The minimum atomic E-state index is -0.127. The minimum Gasteiger partial charge on any atom is -0.398 e. The fourth-order valence-electron chi connectivity index (χ4n) is 1.61. The summed E-state index contributed by atoms with van der Waals surface area (Å²) in [5.74, 6) is -0.127. The molecule has 1 amide bonds. The van der Waals surface area contributed by atoms with Gasteiger partial charge in [-0.05, 0) is 43.7 Å². The first kappa shape index (κ1) is 13.1. The first-order valence-corrected chi connectivity index (χ1v) is 7.01. The van der Waals surface area contributed by atoms with Crippen molar-refractivity contribution in [2.75, 3.05) is 11.1 Å². The van der Waals surface area contributed by atoms with Crippen molar-refractivity contribution in [2.24, 2.45) is 0 Å². The van der Waals surface area contributed by atoms with Gasteiger partial charge >= 0.3 is 0 Å². The van der Waals surface area contributed by atoms with Gasteiger partial charge in [-0.1, -0.05) is 15.9 Å². The zero-order chi connectivity index (χ0) is 13.3. The molecule has 94 valence electrons. The molecule has 0 aliphatic carbocycles. The molecule has 5 heteroatoms. The van der Waals surface area contributed by atoms with Crippen LogP contribution in [0.5, 0.6) is 0 Å². The van der Waals surface area contributed by atoms with Gasteiger partial charge in [-0.2, -0.15) is 0 Å². The smallest absolute Gasteiger partial charge is 0.265 e. The second-order valence-electron chi connectivity index (χ2n) is 4.09. The first-order chi connectivity index (χ1) is 8.45. The van der Waals surface area contributed by atoms with E-state index in [1.807, 2.05) is 32.0 Å². The zero-order valence-corrected chi connectivity index (χ0v) is 12.5. The van der Waals surface area contributed by atoms with Crippen molar-refractivity contribution in [1.29, 1.82) is 0 Å². The number of carbonyl (C=O) groups is 1. The minimum absolute atomic E-state index is 0.127. The Morgan fingerprint density at radius 2 is 2.00 bits per heavy atom. The fraction of sp³-hybridized carbons (Fsp3) is 0.154. The summed E-state index contributed by atoms with van der Waals surface area (Å²) in [6, 6.07) is 7.49. The van der Waals surface area contributed by atoms with Crippen molar-refractivity contribution < 1.29 is 4.79 Å². The predicted octanol–water partition coefficient (Wildman–Crippen LogP) is 3.96. The van der Waals surface area contributed by atoms with Crippen LogP contribution in [0.1, 0.15) is 20.1 Å². The molecule has 3 N–H and O–H groups in total. The number of carbonyl (C=O) groups excluding carboxylic acids is 1. The van der Waals surface area contributed by atoms with E-state index in [-0.39, 0.29) is 5.91 Å². The van der Waals surface area contributed by atoms with Crippen molar-refractivity contribution in [3.63, 3.8) is 0 Å². The number of nitrogens with one attached hydrogen (secondary N) is 1. The van der Waals surface area contributed by atoms with Crippen LogP contribution >= 0.6 is 27.3 Å². The average Bonchev–Trinajstić information content (AvgIpc) is 2.57. The van der Waals surface area contributed by atoms with Gasteiger partial charge in [-0.25, -0.2) is 0 Å². The molecule has 0 unspecified atom stereocenters. The van der Waals surface area contributed by atoms with Crippen LogP contribution in [0.25, 0.3) is 0 Å². The van der Waals surface area contributed by atoms with E-state index in [1.54, 1.807) is 6.07 Å². The Bertz CT molecular complexity index is 567. The largest absolute Gasteiger partial charge is 0.398 e. The molecule has 0 atom stereocenters. The number of rotatable bonds is 2. The van der Waals surface area contributed by atoms with E-state index in [9.17, 15) is 4.79 Å². The Morgan fingerprint density at radius 1 is 1.28 bits per heavy atom. The molecular weight excluding hydrogens is 312 g/mol. The summed E-state index contributed by atoms with van der Waals surface area (Å²) in [6.45, 7) is 3.88. The predicted molar refractivity (Wildman–Crippen MR) is 80.3 cm³/mol. The second-order valence-corrected chi connectivity index (χ2v) is 6.27. The summed E-state index contributed by atoms with van der Waals surface area (Å²) in [5, 5.41) is 2.87. The summed E-state index contributed by atoms with van der Waals surface area (Å²) in [6.07, 6.45) is 0. The SMILES string of the molecule is Cc1cc(Br)cc(NC(=O)c2cc(N)c(C)s2)c1. The van der Waals surface area contributed by atoms with E-state index in [4.69, 9.17) is 5.73 Å². The van der Waals surface area contributed by atoms with E-state index in [1.165, 1.54) is 11.3 Å². The molecule has 0 aliphatic heterocycles. The van der Waals surface area contributed by atoms with E-state index >= 15 is 0 Å². The molecule has 1 heterocycles. The molecule has 1 aromatic carbocycles. The number of hydrogen-bond donors (Lipinski definition) is 2. The van der Waals surface area contributed by atoms with Crippen molar-refractivity contribution in [3.8, 4) is 0 Å². The highest BCUT2D eigenvalue weighted by Gasteiger charge is 2.11. The molecule has 1 aromatic heterocycles. The number of anilines is 2. The van der Waals surface area contributed by atoms with Gasteiger partial charge in [0, 0.05) is 20.7 Å². The Balaban J connectivity index is 2.21. The maximum atomic E-state index is 12.0. The first-order valence-electron chi connectivity index (χ1n) is 5.40. The maximum absolute atomic E-state index is 12.0. The lowest BCUT2D eigenvalue weighted by molar-refractivity contribution is 0.103. The van der Waals surface area contributed by atoms with E-state index in [2.05, 4.69) is 21.2 Å². The van der Waals surface area contributed by atoms with Crippen molar-refractivity contribution >= 4 is 44.5 Å². The molecule has 0 spiro atoms. The van der Waals surface area contributed by atoms with Crippen LogP contribution in [-0.4, -0.2) is 5.91 Å². The fourth-order valence-corrected chi connectivity index (χ4v) is 3.05. The highest BCUT2D eigenvalue weighted by Crippen LogP contribution is 2.25. The molecule has 0 fully saturated rings. The molecule has 0 aliphatic rings. The number of halogens is 1. The topological polar surface area (TPSA) is 55.1 Å². The Morgan fingerprint density at radius 3 is 2.56 bits per heavy atom. The van der Waals surface area contributed by atoms with Crippen molar-refractivity contribution in [2.45, 2.75) is 13.8 Å². The van der Waals surface area contributed by atoms with E-state index in [0.29, 0.717) is 10.6 Å². The molecule has 0 bridgehead atoms. The number of amides is 1. The van der Waals surface area contributed by atoms with Gasteiger partial charge < -0.3 is 11.1 Å². The third-order valence-electron chi connectivity index (χ3n) is 2.48. The summed E-state index contributed by atoms with van der Waals surface area (Å²) < 4.78 is 0.944. The van der Waals surface area contributed by atoms with Gasteiger partial charge in [0.2, 0.25) is 0 Å². The number of hydrogen-bond acceptors (Lipinski definition) is 3. The van der Waals surface area contributed by atoms with Gasteiger partial charge in [0.15, 0.2) is 0 Å². The van der Waals surface area contributed by atoms with Crippen LogP contribution < -0.4 is 11.1 Å². The third-order valence-corrected chi connectivity index (χ3v) is 4.00. The van der Waals surface area contributed by atoms with Gasteiger partial charge in [0.25, 0.3) is 5.91 Å². The highest BCUT2D eigenvalue weighted by atomic mass is 79.9. The zero-order valence-electron chi connectivity index (χ0n) is 10.1. The second kappa shape index (κ2) is 5.12. The van der Waals surface area contributed by atoms with Crippen molar-refractivity contribution in [3.05, 3.63) is 44.1 Å². The van der Waals surface area contributed by atoms with E-state index in [0.717, 1.165) is 20.6 Å². The number of nitrogen functional groups attached to an aromatic ring is 1. The normalized spacial score (nSPS) is 10.4. The van der Waals surface area contributed by atoms with E-state index < -0.39 is 0 Å². The Kier molecular flexibility index (Phi) is 3.73. The quantitative estimate of drug-likeness (QED) is 0.878. The van der Waals surface area contributed by atoms with Gasteiger partial charge in [-0.15, -0.1) is 11.3 Å². The molecule has 2 aromatic rings. The Hall–Kier alpha value is -1.33. The van der Waals surface area contributed by atoms with Crippen LogP contribution in [0.4, 0.5) is 11.4 Å². The lowest BCUT2D eigenvalue weighted by Gasteiger charge is -2.05. The Labute approximate surface area is 118 Å². The standard InChI is InChI=1S/C13H13BrN2OS/c1-7-3-9(14)5-10(4-7)16-13(17)12-6-11(15)8(2)18-12/h3-6H,15H2,1-2H3,(H,16,17). The molecule has 2 rings (SSSR count). The molecule has 18 heavy (non-hydrogen) atoms. The highest BCUT2D eigenvalue weighted by molar-refractivity contribution is 9.10. The lowest BCUT2D eigenvalue weighted by Crippen LogP contribution is -2.10. The third kappa shape index (κ3) is 2.91. The number of benzene rings is 1. The van der Waals surface area contributed by atoms with Crippen molar-refractivity contribution in [1.82, 2.24) is 0 Å². The summed E-state index contributed by atoms with van der Waals surface area (Å²) in [5.41, 5.74) is 8.26. The number of thiophene rings is 1. The van der Waals surface area contributed by atoms with Crippen LogP contribution in [-0.2, 0) is 0 Å². The average molecular weight is 325 g/mol. The molecular formula is C13H13BrN2OS. The summed E-state index contributed by atoms with van der Waals surface area (Å²) in [4.78, 5) is 13.6. The monoisotopic (exact) mass is 324 g/mol. The maximum Gasteiger partial charge on any atom is 0.265 e. The number of aryl methyl sites for hydroxylation is 2. The van der Waals surface area contributed by atoms with Crippen LogP contribution in [0, 0.1) is 13.8 Å². The van der Waals surface area contributed by atoms with Crippen LogP contribution in [0.2, 0.25) is 0 Å². The van der Waals surface area contributed by atoms with Gasteiger partial charge in [-0.3, -0.25) is 4.79 Å². The number of nitrogens with two attached hydrogens (primary N) is 1.